The standard InChI is InChI=1S/C16H15FN2O/c1-11-16(19-15(20)18-11,12-5-3-2-4-6-12)13-7-9-14(17)10-8-13/h2-11H,1H3,(H2,18,19,20)/t11-,16+/m0/s1. The summed E-state index contributed by atoms with van der Waals surface area (Å²) < 4.78 is 13.2. The second kappa shape index (κ2) is 4.63. The van der Waals surface area contributed by atoms with Gasteiger partial charge in [-0.05, 0) is 30.2 Å². The maximum absolute atomic E-state index is 13.2. The molecule has 1 fully saturated rings. The normalized spacial score (nSPS) is 25.1. The molecule has 1 aliphatic rings. The van der Waals surface area contributed by atoms with Gasteiger partial charge in [-0.25, -0.2) is 9.18 Å². The third-order valence-electron chi connectivity index (χ3n) is 3.84. The fourth-order valence-corrected chi connectivity index (χ4v) is 2.85. The third kappa shape index (κ3) is 1.84. The quantitative estimate of drug-likeness (QED) is 0.865. The molecule has 3 nitrogen and oxygen atoms in total. The minimum Gasteiger partial charge on any atom is -0.333 e. The Morgan fingerprint density at radius 1 is 1.00 bits per heavy atom. The molecule has 2 atom stereocenters. The number of amides is 2. The number of hydrogen-bond acceptors (Lipinski definition) is 1. The fourth-order valence-electron chi connectivity index (χ4n) is 2.85. The zero-order valence-corrected chi connectivity index (χ0v) is 11.1. The second-order valence-corrected chi connectivity index (χ2v) is 5.00. The van der Waals surface area contributed by atoms with Gasteiger partial charge in [-0.1, -0.05) is 42.5 Å². The molecule has 0 bridgehead atoms. The van der Waals surface area contributed by atoms with Gasteiger partial charge in [0.1, 0.15) is 11.4 Å². The van der Waals surface area contributed by atoms with Crippen LogP contribution in [0.4, 0.5) is 9.18 Å². The lowest BCUT2D eigenvalue weighted by Crippen LogP contribution is -2.46. The second-order valence-electron chi connectivity index (χ2n) is 5.00. The number of halogens is 1. The maximum atomic E-state index is 13.2. The molecule has 102 valence electrons. The summed E-state index contributed by atoms with van der Waals surface area (Å²) in [6.45, 7) is 1.94. The first kappa shape index (κ1) is 12.7. The largest absolute Gasteiger partial charge is 0.333 e. The molecule has 0 spiro atoms. The Labute approximate surface area is 116 Å². The Hall–Kier alpha value is -2.36. The molecule has 0 saturated carbocycles. The average Bonchev–Trinajstić information content (AvgIpc) is 2.76. The van der Waals surface area contributed by atoms with E-state index in [9.17, 15) is 9.18 Å². The molecule has 0 aromatic heterocycles. The van der Waals surface area contributed by atoms with E-state index in [-0.39, 0.29) is 17.9 Å². The first-order valence-corrected chi connectivity index (χ1v) is 6.53. The summed E-state index contributed by atoms with van der Waals surface area (Å²) in [6.07, 6.45) is 0. The molecule has 2 aromatic rings. The van der Waals surface area contributed by atoms with Crippen LogP contribution in [-0.4, -0.2) is 12.1 Å². The Bertz CT molecular complexity index is 627. The van der Waals surface area contributed by atoms with Crippen LogP contribution in [0.3, 0.4) is 0 Å². The lowest BCUT2D eigenvalue weighted by molar-refractivity contribution is 0.246. The highest BCUT2D eigenvalue weighted by Crippen LogP contribution is 2.35. The molecular weight excluding hydrogens is 255 g/mol. The van der Waals surface area contributed by atoms with E-state index in [1.165, 1.54) is 12.1 Å². The van der Waals surface area contributed by atoms with Crippen molar-refractivity contribution in [3.8, 4) is 0 Å². The van der Waals surface area contributed by atoms with Crippen LogP contribution in [0.2, 0.25) is 0 Å². The molecule has 4 heteroatoms. The zero-order chi connectivity index (χ0) is 14.2. The van der Waals surface area contributed by atoms with Crippen molar-refractivity contribution in [3.63, 3.8) is 0 Å². The van der Waals surface area contributed by atoms with Crippen LogP contribution >= 0.6 is 0 Å². The van der Waals surface area contributed by atoms with Crippen LogP contribution in [0.15, 0.2) is 54.6 Å². The van der Waals surface area contributed by atoms with Crippen LogP contribution in [0.25, 0.3) is 0 Å². The summed E-state index contributed by atoms with van der Waals surface area (Å²) in [5, 5.41) is 5.87. The van der Waals surface area contributed by atoms with Gasteiger partial charge in [-0.3, -0.25) is 0 Å². The minimum absolute atomic E-state index is 0.136. The molecular formula is C16H15FN2O. The van der Waals surface area contributed by atoms with Crippen molar-refractivity contribution < 1.29 is 9.18 Å². The number of carbonyl (C=O) groups excluding carboxylic acids is 1. The molecule has 2 amide bonds. The first-order valence-electron chi connectivity index (χ1n) is 6.53. The molecule has 2 aromatic carbocycles. The molecule has 1 aliphatic heterocycles. The lowest BCUT2D eigenvalue weighted by Gasteiger charge is -2.33. The third-order valence-corrected chi connectivity index (χ3v) is 3.84. The minimum atomic E-state index is -0.675. The number of rotatable bonds is 2. The van der Waals surface area contributed by atoms with Gasteiger partial charge in [0.2, 0.25) is 0 Å². The van der Waals surface area contributed by atoms with Crippen LogP contribution in [0.5, 0.6) is 0 Å². The van der Waals surface area contributed by atoms with Gasteiger partial charge in [0.05, 0.1) is 6.04 Å². The van der Waals surface area contributed by atoms with Gasteiger partial charge in [-0.2, -0.15) is 0 Å². The van der Waals surface area contributed by atoms with Crippen LogP contribution in [0, 0.1) is 5.82 Å². The molecule has 0 unspecified atom stereocenters. The number of benzene rings is 2. The summed E-state index contributed by atoms with van der Waals surface area (Å²) in [7, 11) is 0. The molecule has 0 aliphatic carbocycles. The summed E-state index contributed by atoms with van der Waals surface area (Å²) >= 11 is 0. The molecule has 1 heterocycles. The van der Waals surface area contributed by atoms with E-state index in [0.29, 0.717) is 0 Å². The topological polar surface area (TPSA) is 41.1 Å². The van der Waals surface area contributed by atoms with Crippen molar-refractivity contribution in [3.05, 3.63) is 71.5 Å². The summed E-state index contributed by atoms with van der Waals surface area (Å²) in [5.41, 5.74) is 1.15. The smallest absolute Gasteiger partial charge is 0.316 e. The van der Waals surface area contributed by atoms with Gasteiger partial charge in [0.25, 0.3) is 0 Å². The van der Waals surface area contributed by atoms with Gasteiger partial charge in [0, 0.05) is 0 Å². The highest BCUT2D eigenvalue weighted by molar-refractivity contribution is 5.80. The predicted molar refractivity (Wildman–Crippen MR) is 74.8 cm³/mol. The van der Waals surface area contributed by atoms with Crippen molar-refractivity contribution in [2.24, 2.45) is 0 Å². The van der Waals surface area contributed by atoms with Crippen molar-refractivity contribution >= 4 is 6.03 Å². The molecule has 2 N–H and O–H groups in total. The summed E-state index contributed by atoms with van der Waals surface area (Å²) in [6, 6.07) is 15.6. The highest BCUT2D eigenvalue weighted by Gasteiger charge is 2.46. The highest BCUT2D eigenvalue weighted by atomic mass is 19.1. The average molecular weight is 270 g/mol. The first-order chi connectivity index (χ1) is 9.63. The van der Waals surface area contributed by atoms with Crippen LogP contribution in [-0.2, 0) is 5.54 Å². The van der Waals surface area contributed by atoms with E-state index in [1.54, 1.807) is 12.1 Å². The van der Waals surface area contributed by atoms with E-state index in [2.05, 4.69) is 10.6 Å². The monoisotopic (exact) mass is 270 g/mol. The Balaban J connectivity index is 2.19. The number of urea groups is 1. The number of nitrogens with one attached hydrogen (secondary N) is 2. The SMILES string of the molecule is C[C@@H]1NC(=O)N[C@]1(c1ccccc1)c1ccc(F)cc1. The Kier molecular flexibility index (Phi) is 2.93. The lowest BCUT2D eigenvalue weighted by atomic mass is 9.78. The predicted octanol–water partition coefficient (Wildman–Crippen LogP) is 2.77. The number of hydrogen-bond donors (Lipinski definition) is 2. The van der Waals surface area contributed by atoms with Gasteiger partial charge >= 0.3 is 6.03 Å². The van der Waals surface area contributed by atoms with Crippen LogP contribution in [0.1, 0.15) is 18.1 Å². The molecule has 0 radical (unpaired) electrons. The fraction of sp³-hybridized carbons (Fsp3) is 0.188. The van der Waals surface area contributed by atoms with E-state index in [0.717, 1.165) is 11.1 Å². The van der Waals surface area contributed by atoms with Gasteiger partial charge in [-0.15, -0.1) is 0 Å². The van der Waals surface area contributed by atoms with Gasteiger partial charge in [0.15, 0.2) is 0 Å². The summed E-state index contributed by atoms with van der Waals surface area (Å²) in [4.78, 5) is 11.8. The van der Waals surface area contributed by atoms with E-state index >= 15 is 0 Å². The van der Waals surface area contributed by atoms with E-state index in [4.69, 9.17) is 0 Å². The molecule has 20 heavy (non-hydrogen) atoms. The number of carbonyl (C=O) groups is 1. The zero-order valence-electron chi connectivity index (χ0n) is 11.1. The van der Waals surface area contributed by atoms with Crippen LogP contribution < -0.4 is 10.6 Å². The Morgan fingerprint density at radius 3 is 2.15 bits per heavy atom. The van der Waals surface area contributed by atoms with Crippen molar-refractivity contribution in [2.75, 3.05) is 0 Å². The maximum Gasteiger partial charge on any atom is 0.316 e. The van der Waals surface area contributed by atoms with Crippen molar-refractivity contribution in [1.29, 1.82) is 0 Å². The molecule has 3 rings (SSSR count). The van der Waals surface area contributed by atoms with E-state index < -0.39 is 5.54 Å². The van der Waals surface area contributed by atoms with E-state index in [1.807, 2.05) is 37.3 Å². The van der Waals surface area contributed by atoms with Gasteiger partial charge < -0.3 is 10.6 Å². The molecule has 1 saturated heterocycles. The summed E-state index contributed by atoms with van der Waals surface area (Å²) in [5.74, 6) is -0.290. The van der Waals surface area contributed by atoms with Crippen molar-refractivity contribution in [1.82, 2.24) is 10.6 Å². The Morgan fingerprint density at radius 2 is 1.60 bits per heavy atom. The van der Waals surface area contributed by atoms with Crippen molar-refractivity contribution in [2.45, 2.75) is 18.5 Å².